The van der Waals surface area contributed by atoms with E-state index < -0.39 is 22.0 Å². The van der Waals surface area contributed by atoms with Crippen molar-refractivity contribution in [2.24, 2.45) is 4.99 Å². The molecular formula is C18H24N4O5S2. The largest absolute Gasteiger partial charge is 0.383 e. The number of methoxy groups -OCH3 is 1. The van der Waals surface area contributed by atoms with E-state index in [4.69, 9.17) is 4.74 Å². The molecule has 11 heteroatoms. The SMILES string of the molecule is COCCn1c(=NC(=O)C2CCCN2S(C)(=O)=O)sc2cc(NC(C)=O)ccc21. The van der Waals surface area contributed by atoms with Crippen LogP contribution in [0.25, 0.3) is 10.2 Å². The van der Waals surface area contributed by atoms with Crippen molar-refractivity contribution in [1.29, 1.82) is 0 Å². The summed E-state index contributed by atoms with van der Waals surface area (Å²) in [7, 11) is -1.87. The average Bonchev–Trinajstić information content (AvgIpc) is 3.23. The van der Waals surface area contributed by atoms with E-state index in [1.165, 1.54) is 22.6 Å². The number of ether oxygens (including phenoxy) is 1. The highest BCUT2D eigenvalue weighted by atomic mass is 32.2. The fourth-order valence-electron chi connectivity index (χ4n) is 3.39. The molecule has 0 saturated carbocycles. The van der Waals surface area contributed by atoms with Crippen LogP contribution in [0, 0.1) is 0 Å². The molecule has 1 aliphatic rings. The number of fused-ring (bicyclic) bond motifs is 1. The van der Waals surface area contributed by atoms with Crippen molar-refractivity contribution in [1.82, 2.24) is 8.87 Å². The number of amides is 2. The molecule has 0 radical (unpaired) electrons. The Bertz CT molecular complexity index is 1100. The van der Waals surface area contributed by atoms with E-state index in [1.54, 1.807) is 13.2 Å². The molecular weight excluding hydrogens is 416 g/mol. The lowest BCUT2D eigenvalue weighted by Crippen LogP contribution is -2.40. The maximum Gasteiger partial charge on any atom is 0.266 e. The zero-order valence-corrected chi connectivity index (χ0v) is 18.2. The summed E-state index contributed by atoms with van der Waals surface area (Å²) in [5.74, 6) is -0.636. The second kappa shape index (κ2) is 8.74. The fraction of sp³-hybridized carbons (Fsp3) is 0.500. The van der Waals surface area contributed by atoms with Gasteiger partial charge in [0, 0.05) is 32.8 Å². The van der Waals surface area contributed by atoms with Gasteiger partial charge in [0.25, 0.3) is 5.91 Å². The quantitative estimate of drug-likeness (QED) is 0.725. The second-order valence-corrected chi connectivity index (χ2v) is 9.82. The fourth-order valence-corrected chi connectivity index (χ4v) is 5.61. The predicted molar refractivity (Wildman–Crippen MR) is 111 cm³/mol. The first-order chi connectivity index (χ1) is 13.7. The van der Waals surface area contributed by atoms with Gasteiger partial charge in [-0.2, -0.15) is 9.30 Å². The topological polar surface area (TPSA) is 110 Å². The summed E-state index contributed by atoms with van der Waals surface area (Å²) >= 11 is 1.31. The Kier molecular flexibility index (Phi) is 6.52. The lowest BCUT2D eigenvalue weighted by atomic mass is 10.2. The zero-order valence-electron chi connectivity index (χ0n) is 16.5. The molecule has 29 heavy (non-hydrogen) atoms. The van der Waals surface area contributed by atoms with E-state index in [2.05, 4.69) is 10.3 Å². The van der Waals surface area contributed by atoms with E-state index in [1.807, 2.05) is 16.7 Å². The molecule has 1 saturated heterocycles. The first kappa shape index (κ1) is 21.6. The number of hydrogen-bond donors (Lipinski definition) is 1. The third-order valence-electron chi connectivity index (χ3n) is 4.64. The smallest absolute Gasteiger partial charge is 0.266 e. The third kappa shape index (κ3) is 4.92. The Labute approximate surface area is 173 Å². The minimum Gasteiger partial charge on any atom is -0.383 e. The number of nitrogens with zero attached hydrogens (tertiary/aromatic N) is 3. The molecule has 1 fully saturated rings. The van der Waals surface area contributed by atoms with Crippen LogP contribution < -0.4 is 10.1 Å². The van der Waals surface area contributed by atoms with Gasteiger partial charge in [-0.25, -0.2) is 8.42 Å². The normalized spacial score (nSPS) is 18.4. The number of carbonyl (C=O) groups excluding carboxylic acids is 2. The maximum absolute atomic E-state index is 12.8. The van der Waals surface area contributed by atoms with Crippen LogP contribution in [0.2, 0.25) is 0 Å². The van der Waals surface area contributed by atoms with Gasteiger partial charge < -0.3 is 14.6 Å². The van der Waals surface area contributed by atoms with Crippen molar-refractivity contribution < 1.29 is 22.7 Å². The van der Waals surface area contributed by atoms with E-state index in [0.29, 0.717) is 43.0 Å². The Hall–Kier alpha value is -2.08. The van der Waals surface area contributed by atoms with Crippen molar-refractivity contribution in [2.75, 3.05) is 31.8 Å². The summed E-state index contributed by atoms with van der Waals surface area (Å²) in [6.45, 7) is 2.69. The van der Waals surface area contributed by atoms with Crippen LogP contribution in [0.1, 0.15) is 19.8 Å². The molecule has 2 heterocycles. The van der Waals surface area contributed by atoms with Crippen molar-refractivity contribution in [3.8, 4) is 0 Å². The monoisotopic (exact) mass is 440 g/mol. The Morgan fingerprint density at radius 2 is 2.14 bits per heavy atom. The summed E-state index contributed by atoms with van der Waals surface area (Å²) in [6, 6.07) is 4.70. The number of nitrogens with one attached hydrogen (secondary N) is 1. The lowest BCUT2D eigenvalue weighted by Gasteiger charge is -2.18. The number of sulfonamides is 1. The van der Waals surface area contributed by atoms with Crippen LogP contribution in [-0.2, 0) is 30.9 Å². The van der Waals surface area contributed by atoms with Crippen molar-refractivity contribution in [3.05, 3.63) is 23.0 Å². The molecule has 1 N–H and O–H groups in total. The highest BCUT2D eigenvalue weighted by Crippen LogP contribution is 2.24. The average molecular weight is 441 g/mol. The maximum atomic E-state index is 12.8. The summed E-state index contributed by atoms with van der Waals surface area (Å²) < 4.78 is 33.0. The highest BCUT2D eigenvalue weighted by molar-refractivity contribution is 7.88. The molecule has 2 amide bonds. The zero-order chi connectivity index (χ0) is 21.2. The van der Waals surface area contributed by atoms with E-state index >= 15 is 0 Å². The molecule has 9 nitrogen and oxygen atoms in total. The van der Waals surface area contributed by atoms with Crippen molar-refractivity contribution >= 4 is 49.1 Å². The number of rotatable bonds is 6. The minimum atomic E-state index is -3.47. The molecule has 0 bridgehead atoms. The van der Waals surface area contributed by atoms with Gasteiger partial charge in [0.2, 0.25) is 15.9 Å². The van der Waals surface area contributed by atoms with E-state index in [-0.39, 0.29) is 5.91 Å². The van der Waals surface area contributed by atoms with Crippen LogP contribution in [0.5, 0.6) is 0 Å². The van der Waals surface area contributed by atoms with Crippen LogP contribution in [0.3, 0.4) is 0 Å². The van der Waals surface area contributed by atoms with E-state index in [0.717, 1.165) is 16.5 Å². The number of hydrogen-bond acceptors (Lipinski definition) is 6. The summed E-state index contributed by atoms with van der Waals surface area (Å²) in [5, 5.41) is 2.74. The summed E-state index contributed by atoms with van der Waals surface area (Å²) in [4.78, 5) is 28.9. The molecule has 1 aliphatic heterocycles. The first-order valence-electron chi connectivity index (χ1n) is 9.16. The molecule has 1 aromatic carbocycles. The predicted octanol–water partition coefficient (Wildman–Crippen LogP) is 1.16. The van der Waals surface area contributed by atoms with Gasteiger partial charge in [0.15, 0.2) is 4.80 Å². The molecule has 1 aromatic heterocycles. The second-order valence-electron chi connectivity index (χ2n) is 6.87. The number of benzene rings is 1. The molecule has 158 valence electrons. The lowest BCUT2D eigenvalue weighted by molar-refractivity contribution is -0.121. The summed E-state index contributed by atoms with van der Waals surface area (Å²) in [5.41, 5.74) is 1.51. The molecule has 0 spiro atoms. The van der Waals surface area contributed by atoms with Gasteiger partial charge in [-0.3, -0.25) is 9.59 Å². The Morgan fingerprint density at radius 1 is 1.38 bits per heavy atom. The highest BCUT2D eigenvalue weighted by Gasteiger charge is 2.36. The van der Waals surface area contributed by atoms with Crippen LogP contribution in [-0.4, -0.2) is 61.7 Å². The molecule has 1 unspecified atom stereocenters. The minimum absolute atomic E-state index is 0.171. The third-order valence-corrected chi connectivity index (χ3v) is 6.97. The van der Waals surface area contributed by atoms with Crippen LogP contribution in [0.15, 0.2) is 23.2 Å². The van der Waals surface area contributed by atoms with Crippen molar-refractivity contribution in [2.45, 2.75) is 32.4 Å². The van der Waals surface area contributed by atoms with Gasteiger partial charge in [-0.05, 0) is 31.0 Å². The van der Waals surface area contributed by atoms with E-state index in [9.17, 15) is 18.0 Å². The number of thiazole rings is 1. The molecule has 0 aliphatic carbocycles. The van der Waals surface area contributed by atoms with Crippen LogP contribution >= 0.6 is 11.3 Å². The standard InChI is InChI=1S/C18H24N4O5S2/c1-12(23)19-13-6-7-14-16(11-13)28-18(21(14)9-10-27-2)20-17(24)15-5-4-8-22(15)29(3,25)26/h6-7,11,15H,4-5,8-10H2,1-3H3,(H,19,23). The van der Waals surface area contributed by atoms with Gasteiger partial charge in [0.05, 0.1) is 23.1 Å². The van der Waals surface area contributed by atoms with Crippen LogP contribution in [0.4, 0.5) is 5.69 Å². The van der Waals surface area contributed by atoms with Gasteiger partial charge in [-0.1, -0.05) is 11.3 Å². The van der Waals surface area contributed by atoms with Gasteiger partial charge >= 0.3 is 0 Å². The molecule has 2 aromatic rings. The number of anilines is 1. The Morgan fingerprint density at radius 3 is 2.79 bits per heavy atom. The van der Waals surface area contributed by atoms with Gasteiger partial charge in [-0.15, -0.1) is 0 Å². The number of carbonyl (C=O) groups is 2. The first-order valence-corrected chi connectivity index (χ1v) is 11.8. The summed E-state index contributed by atoms with van der Waals surface area (Å²) in [6.07, 6.45) is 2.21. The van der Waals surface area contributed by atoms with Gasteiger partial charge in [0.1, 0.15) is 6.04 Å². The van der Waals surface area contributed by atoms with Crippen molar-refractivity contribution in [3.63, 3.8) is 0 Å². The molecule has 3 rings (SSSR count). The number of aromatic nitrogens is 1. The molecule has 1 atom stereocenters. The Balaban J connectivity index is 2.04.